The highest BCUT2D eigenvalue weighted by Crippen LogP contribution is 2.26. The molecule has 3 rings (SSSR count). The van der Waals surface area contributed by atoms with E-state index in [4.69, 9.17) is 21.1 Å². The molecule has 9 heteroatoms. The molecule has 2 aromatic carbocycles. The molecule has 0 saturated carbocycles. The molecule has 1 aliphatic rings. The second-order valence-corrected chi connectivity index (χ2v) is 7.32. The Balaban J connectivity index is 1.90. The van der Waals surface area contributed by atoms with Crippen LogP contribution < -0.4 is 15.0 Å². The van der Waals surface area contributed by atoms with Crippen molar-refractivity contribution in [3.63, 3.8) is 0 Å². The van der Waals surface area contributed by atoms with Gasteiger partial charge in [-0.25, -0.2) is 14.5 Å². The first-order chi connectivity index (χ1) is 15.8. The number of esters is 1. The third-order valence-electron chi connectivity index (χ3n) is 4.60. The van der Waals surface area contributed by atoms with Crippen LogP contribution in [0.3, 0.4) is 0 Å². The lowest BCUT2D eigenvalue weighted by atomic mass is 10.0. The van der Waals surface area contributed by atoms with Crippen LogP contribution in [0.15, 0.2) is 60.7 Å². The van der Waals surface area contributed by atoms with Crippen LogP contribution in [0.2, 0.25) is 5.02 Å². The lowest BCUT2D eigenvalue weighted by Gasteiger charge is -2.26. The number of hydrogen-bond donors (Lipinski definition) is 1. The number of urea groups is 1. The average Bonchev–Trinajstić information content (AvgIpc) is 2.77. The molecule has 33 heavy (non-hydrogen) atoms. The second kappa shape index (κ2) is 10.6. The summed E-state index contributed by atoms with van der Waals surface area (Å²) in [5.74, 6) is -1.62. The summed E-state index contributed by atoms with van der Waals surface area (Å²) < 4.78 is 10.4. The third kappa shape index (κ3) is 5.67. The summed E-state index contributed by atoms with van der Waals surface area (Å²) in [4.78, 5) is 50.2. The van der Waals surface area contributed by atoms with Crippen LogP contribution in [0, 0.1) is 0 Å². The first-order valence-electron chi connectivity index (χ1n) is 10.0. The predicted octanol–water partition coefficient (Wildman–Crippen LogP) is 3.68. The Bertz CT molecular complexity index is 1140. The number of nitrogens with one attached hydrogen (secondary N) is 1. The molecule has 0 unspecified atom stereocenters. The molecule has 2 aromatic rings. The van der Waals surface area contributed by atoms with E-state index in [1.807, 2.05) is 0 Å². The lowest BCUT2D eigenvalue weighted by Crippen LogP contribution is -2.54. The van der Waals surface area contributed by atoms with Crippen molar-refractivity contribution in [3.8, 4) is 5.75 Å². The largest absolute Gasteiger partial charge is 0.482 e. The fourth-order valence-electron chi connectivity index (χ4n) is 3.13. The van der Waals surface area contributed by atoms with Crippen LogP contribution >= 0.6 is 11.6 Å². The van der Waals surface area contributed by atoms with Gasteiger partial charge in [0.2, 0.25) is 0 Å². The summed E-state index contributed by atoms with van der Waals surface area (Å²) in [6, 6.07) is 10.2. The van der Waals surface area contributed by atoms with Gasteiger partial charge in [-0.3, -0.25) is 14.9 Å². The quantitative estimate of drug-likeness (QED) is 0.274. The zero-order valence-corrected chi connectivity index (χ0v) is 18.6. The Labute approximate surface area is 195 Å². The number of nitrogens with zero attached hydrogens (tertiary/aromatic N) is 1. The molecule has 0 atom stereocenters. The second-order valence-electron chi connectivity index (χ2n) is 6.89. The fourth-order valence-corrected chi connectivity index (χ4v) is 3.26. The summed E-state index contributed by atoms with van der Waals surface area (Å²) in [6.45, 7) is 5.41. The van der Waals surface area contributed by atoms with Gasteiger partial charge in [0.05, 0.1) is 12.3 Å². The van der Waals surface area contributed by atoms with Gasteiger partial charge in [0, 0.05) is 5.02 Å². The zero-order chi connectivity index (χ0) is 24.0. The molecular weight excluding hydrogens is 448 g/mol. The summed E-state index contributed by atoms with van der Waals surface area (Å²) in [7, 11) is 0. The molecule has 0 spiro atoms. The van der Waals surface area contributed by atoms with E-state index >= 15 is 0 Å². The van der Waals surface area contributed by atoms with Crippen molar-refractivity contribution in [1.82, 2.24) is 5.32 Å². The van der Waals surface area contributed by atoms with Gasteiger partial charge in [0.25, 0.3) is 11.8 Å². The molecule has 1 heterocycles. The third-order valence-corrected chi connectivity index (χ3v) is 4.85. The average molecular weight is 469 g/mol. The van der Waals surface area contributed by atoms with Gasteiger partial charge >= 0.3 is 12.0 Å². The number of barbiturate groups is 1. The van der Waals surface area contributed by atoms with Gasteiger partial charge in [-0.1, -0.05) is 23.7 Å². The van der Waals surface area contributed by atoms with Crippen molar-refractivity contribution in [2.45, 2.75) is 13.3 Å². The number of amides is 4. The number of imide groups is 2. The predicted molar refractivity (Wildman–Crippen MR) is 123 cm³/mol. The van der Waals surface area contributed by atoms with Gasteiger partial charge in [0.1, 0.15) is 11.3 Å². The number of halogens is 1. The highest BCUT2D eigenvalue weighted by atomic mass is 35.5. The summed E-state index contributed by atoms with van der Waals surface area (Å²) in [6.07, 6.45) is 3.46. The number of rotatable bonds is 8. The van der Waals surface area contributed by atoms with E-state index in [0.717, 1.165) is 4.90 Å². The van der Waals surface area contributed by atoms with E-state index in [2.05, 4.69) is 11.9 Å². The molecule has 170 valence electrons. The lowest BCUT2D eigenvalue weighted by molar-refractivity contribution is -0.145. The van der Waals surface area contributed by atoms with Crippen LogP contribution in [-0.4, -0.2) is 37.0 Å². The number of carbonyl (C=O) groups excluding carboxylic acids is 4. The molecule has 4 amide bonds. The molecule has 1 saturated heterocycles. The normalized spacial score (nSPS) is 14.8. The van der Waals surface area contributed by atoms with E-state index < -0.39 is 23.8 Å². The molecule has 8 nitrogen and oxygen atoms in total. The van der Waals surface area contributed by atoms with Gasteiger partial charge in [-0.05, 0) is 66.9 Å². The monoisotopic (exact) mass is 468 g/mol. The maximum atomic E-state index is 13.0. The van der Waals surface area contributed by atoms with Crippen molar-refractivity contribution in [3.05, 3.63) is 76.8 Å². The number of anilines is 1. The number of allylic oxidation sites excluding steroid dienone is 1. The first-order valence-corrected chi connectivity index (χ1v) is 10.4. The van der Waals surface area contributed by atoms with Crippen LogP contribution in [-0.2, 0) is 25.5 Å². The number of benzene rings is 2. The highest BCUT2D eigenvalue weighted by molar-refractivity contribution is 6.39. The van der Waals surface area contributed by atoms with Crippen molar-refractivity contribution in [2.24, 2.45) is 0 Å². The molecule has 1 aliphatic heterocycles. The number of hydrogen-bond acceptors (Lipinski definition) is 6. The zero-order valence-electron chi connectivity index (χ0n) is 17.8. The van der Waals surface area contributed by atoms with Crippen LogP contribution in [0.1, 0.15) is 18.1 Å². The molecule has 1 fully saturated rings. The van der Waals surface area contributed by atoms with E-state index in [9.17, 15) is 19.2 Å². The Morgan fingerprint density at radius 1 is 1.15 bits per heavy atom. The molecular formula is C24H21ClN2O6. The minimum atomic E-state index is -0.848. The van der Waals surface area contributed by atoms with E-state index in [-0.39, 0.29) is 24.5 Å². The summed E-state index contributed by atoms with van der Waals surface area (Å²) in [5, 5.41) is 2.61. The van der Waals surface area contributed by atoms with Crippen molar-refractivity contribution < 1.29 is 28.7 Å². The maximum absolute atomic E-state index is 13.0. The standard InChI is InChI=1S/C24H21ClN2O6/c1-3-5-16-12-15(6-11-20(16)33-14-21(28)32-4-2)13-19-22(29)26-24(31)27(23(19)30)18-9-7-17(25)8-10-18/h3,6-13H,1,4-5,14H2,2H3,(H,26,29,31)/b19-13+. The van der Waals surface area contributed by atoms with Gasteiger partial charge in [0.15, 0.2) is 6.61 Å². The minimum Gasteiger partial charge on any atom is -0.482 e. The van der Waals surface area contributed by atoms with E-state index in [0.29, 0.717) is 28.3 Å². The summed E-state index contributed by atoms with van der Waals surface area (Å²) in [5.41, 5.74) is 1.28. The van der Waals surface area contributed by atoms with E-state index in [1.54, 1.807) is 31.2 Å². The van der Waals surface area contributed by atoms with Crippen LogP contribution in [0.25, 0.3) is 6.08 Å². The smallest absolute Gasteiger partial charge is 0.344 e. The molecule has 0 aromatic heterocycles. The van der Waals surface area contributed by atoms with Crippen molar-refractivity contribution in [2.75, 3.05) is 18.1 Å². The molecule has 0 radical (unpaired) electrons. The molecule has 0 bridgehead atoms. The molecule has 1 N–H and O–H groups in total. The minimum absolute atomic E-state index is 0.214. The SMILES string of the molecule is C=CCc1cc(/C=C2\C(=O)NC(=O)N(c3ccc(Cl)cc3)C2=O)ccc1OCC(=O)OCC. The molecule has 0 aliphatic carbocycles. The van der Waals surface area contributed by atoms with Crippen LogP contribution in [0.4, 0.5) is 10.5 Å². The first kappa shape index (κ1) is 23.7. The van der Waals surface area contributed by atoms with Gasteiger partial charge in [-0.15, -0.1) is 6.58 Å². The Hall–Kier alpha value is -3.91. The van der Waals surface area contributed by atoms with Crippen molar-refractivity contribution in [1.29, 1.82) is 0 Å². The summed E-state index contributed by atoms with van der Waals surface area (Å²) >= 11 is 5.88. The van der Waals surface area contributed by atoms with Crippen molar-refractivity contribution >= 4 is 47.2 Å². The Morgan fingerprint density at radius 2 is 1.88 bits per heavy atom. The Kier molecular flexibility index (Phi) is 7.63. The highest BCUT2D eigenvalue weighted by Gasteiger charge is 2.36. The number of carbonyl (C=O) groups is 4. The topological polar surface area (TPSA) is 102 Å². The van der Waals surface area contributed by atoms with E-state index in [1.165, 1.54) is 30.3 Å². The van der Waals surface area contributed by atoms with Gasteiger partial charge in [-0.2, -0.15) is 0 Å². The maximum Gasteiger partial charge on any atom is 0.344 e. The Morgan fingerprint density at radius 3 is 2.55 bits per heavy atom. The number of ether oxygens (including phenoxy) is 2. The fraction of sp³-hybridized carbons (Fsp3) is 0.167. The van der Waals surface area contributed by atoms with Crippen LogP contribution in [0.5, 0.6) is 5.75 Å². The van der Waals surface area contributed by atoms with Gasteiger partial charge < -0.3 is 9.47 Å².